The fourth-order valence-corrected chi connectivity index (χ4v) is 5.69. The molecule has 0 amide bonds. The van der Waals surface area contributed by atoms with Crippen LogP contribution in [0.25, 0.3) is 11.0 Å². The second kappa shape index (κ2) is 13.1. The van der Waals surface area contributed by atoms with Gasteiger partial charge in [0, 0.05) is 43.8 Å². The summed E-state index contributed by atoms with van der Waals surface area (Å²) < 4.78 is 11.9. The molecular formula is C35H34ClNO4. The van der Waals surface area contributed by atoms with Crippen LogP contribution in [-0.2, 0) is 30.6 Å². The lowest BCUT2D eigenvalue weighted by molar-refractivity contribution is -0.136. The monoisotopic (exact) mass is 567 g/mol. The number of carboxylic acids is 1. The second-order valence-corrected chi connectivity index (χ2v) is 10.6. The summed E-state index contributed by atoms with van der Waals surface area (Å²) in [7, 11) is 0. The first-order valence-electron chi connectivity index (χ1n) is 13.9. The van der Waals surface area contributed by atoms with Crippen LogP contribution >= 0.6 is 12.4 Å². The molecule has 210 valence electrons. The Morgan fingerprint density at radius 2 is 1.56 bits per heavy atom. The number of rotatable bonds is 11. The Kier molecular flexibility index (Phi) is 9.07. The zero-order valence-electron chi connectivity index (χ0n) is 22.9. The number of carboxylic acid groups (broad SMARTS) is 1. The zero-order valence-corrected chi connectivity index (χ0v) is 23.7. The molecule has 0 bridgehead atoms. The summed E-state index contributed by atoms with van der Waals surface area (Å²) in [5.41, 5.74) is 6.75. The van der Waals surface area contributed by atoms with Gasteiger partial charge in [0.2, 0.25) is 0 Å². The SMILES string of the molecule is Cl.O=C(O)Cc1ccc2oc(CCN(Cc3ccc4c(c3)CCO4)CC(c3ccccc3)c3ccccc3)cc2c1. The van der Waals surface area contributed by atoms with Gasteiger partial charge < -0.3 is 14.3 Å². The van der Waals surface area contributed by atoms with Crippen molar-refractivity contribution in [1.29, 1.82) is 0 Å². The standard InChI is InChI=1S/C35H33NO4.ClH/c37-35(38)21-25-11-14-34-30(19-25)22-31(40-34)15-17-36(23-26-12-13-33-29(20-26)16-18-39-33)24-32(27-7-3-1-4-8-27)28-9-5-2-6-10-28;/h1-14,19-20,22,32H,15-18,21,23-24H2,(H,37,38);1H. The topological polar surface area (TPSA) is 62.9 Å². The van der Waals surface area contributed by atoms with Gasteiger partial charge >= 0.3 is 5.97 Å². The number of nitrogens with zero attached hydrogens (tertiary/aromatic N) is 1. The van der Waals surface area contributed by atoms with Crippen molar-refractivity contribution < 1.29 is 19.1 Å². The zero-order chi connectivity index (χ0) is 27.3. The largest absolute Gasteiger partial charge is 0.493 e. The third-order valence-electron chi connectivity index (χ3n) is 7.67. The fraction of sp³-hybridized carbons (Fsp3) is 0.229. The number of hydrogen-bond donors (Lipinski definition) is 1. The maximum Gasteiger partial charge on any atom is 0.307 e. The highest BCUT2D eigenvalue weighted by atomic mass is 35.5. The average molecular weight is 568 g/mol. The van der Waals surface area contributed by atoms with Crippen LogP contribution in [0.2, 0.25) is 0 Å². The van der Waals surface area contributed by atoms with E-state index in [0.717, 1.165) is 67.1 Å². The van der Waals surface area contributed by atoms with Gasteiger partial charge in [-0.15, -0.1) is 12.4 Å². The number of hydrogen-bond acceptors (Lipinski definition) is 4. The summed E-state index contributed by atoms with van der Waals surface area (Å²) >= 11 is 0. The summed E-state index contributed by atoms with van der Waals surface area (Å²) in [5.74, 6) is 1.31. The highest BCUT2D eigenvalue weighted by Crippen LogP contribution is 2.29. The van der Waals surface area contributed by atoms with Crippen LogP contribution in [0, 0.1) is 0 Å². The molecule has 0 atom stereocenters. The third-order valence-corrected chi connectivity index (χ3v) is 7.67. The van der Waals surface area contributed by atoms with Gasteiger partial charge in [0.1, 0.15) is 17.1 Å². The Labute approximate surface area is 246 Å². The number of aliphatic carboxylic acids is 1. The van der Waals surface area contributed by atoms with Crippen LogP contribution in [-0.4, -0.2) is 35.7 Å². The molecule has 2 heterocycles. The number of halogens is 1. The summed E-state index contributed by atoms with van der Waals surface area (Å²) in [6.45, 7) is 3.27. The van der Waals surface area contributed by atoms with Crippen molar-refractivity contribution in [2.45, 2.75) is 31.7 Å². The number of carbonyl (C=O) groups is 1. The lowest BCUT2D eigenvalue weighted by Gasteiger charge is -2.28. The first kappa shape index (κ1) is 28.5. The van der Waals surface area contributed by atoms with Gasteiger partial charge in [0.25, 0.3) is 0 Å². The molecule has 0 saturated carbocycles. The van der Waals surface area contributed by atoms with Gasteiger partial charge in [-0.05, 0) is 52.1 Å². The molecule has 0 fully saturated rings. The number of furan rings is 1. The van der Waals surface area contributed by atoms with Crippen LogP contribution < -0.4 is 4.74 Å². The Hall–Kier alpha value is -4.06. The highest BCUT2D eigenvalue weighted by molar-refractivity contribution is 5.85. The lowest BCUT2D eigenvalue weighted by atomic mass is 9.90. The minimum atomic E-state index is -0.830. The predicted octanol–water partition coefficient (Wildman–Crippen LogP) is 7.29. The van der Waals surface area contributed by atoms with Gasteiger partial charge in [0.05, 0.1) is 13.0 Å². The maximum atomic E-state index is 11.2. The van der Waals surface area contributed by atoms with E-state index in [4.69, 9.17) is 14.3 Å². The Morgan fingerprint density at radius 1 is 0.854 bits per heavy atom. The van der Waals surface area contributed by atoms with Crippen molar-refractivity contribution in [2.75, 3.05) is 19.7 Å². The summed E-state index contributed by atoms with van der Waals surface area (Å²) in [4.78, 5) is 13.7. The first-order chi connectivity index (χ1) is 19.6. The van der Waals surface area contributed by atoms with Crippen molar-refractivity contribution in [1.82, 2.24) is 4.90 Å². The van der Waals surface area contributed by atoms with E-state index in [2.05, 4.69) is 89.8 Å². The van der Waals surface area contributed by atoms with Gasteiger partial charge in [0.15, 0.2) is 0 Å². The van der Waals surface area contributed by atoms with Gasteiger partial charge in [-0.2, -0.15) is 0 Å². The van der Waals surface area contributed by atoms with E-state index in [-0.39, 0.29) is 24.7 Å². The van der Waals surface area contributed by atoms with Crippen molar-refractivity contribution in [2.24, 2.45) is 0 Å². The van der Waals surface area contributed by atoms with E-state index in [9.17, 15) is 4.79 Å². The van der Waals surface area contributed by atoms with Gasteiger partial charge in [-0.25, -0.2) is 0 Å². The summed E-state index contributed by atoms with van der Waals surface area (Å²) in [6, 6.07) is 35.7. The molecule has 0 unspecified atom stereocenters. The quantitative estimate of drug-likeness (QED) is 0.181. The van der Waals surface area contributed by atoms with Crippen LogP contribution in [0.1, 0.15) is 39.5 Å². The van der Waals surface area contributed by atoms with Gasteiger partial charge in [-0.1, -0.05) is 78.9 Å². The molecule has 41 heavy (non-hydrogen) atoms. The smallest absolute Gasteiger partial charge is 0.307 e. The van der Waals surface area contributed by atoms with E-state index in [1.54, 1.807) is 0 Å². The first-order valence-corrected chi connectivity index (χ1v) is 13.9. The fourth-order valence-electron chi connectivity index (χ4n) is 5.69. The van der Waals surface area contributed by atoms with E-state index < -0.39 is 5.97 Å². The van der Waals surface area contributed by atoms with Crippen molar-refractivity contribution in [3.8, 4) is 5.75 Å². The van der Waals surface area contributed by atoms with Crippen molar-refractivity contribution >= 4 is 29.3 Å². The maximum absolute atomic E-state index is 11.2. The molecule has 0 aliphatic carbocycles. The molecular weight excluding hydrogens is 534 g/mol. The van der Waals surface area contributed by atoms with Crippen LogP contribution in [0.15, 0.2) is 108 Å². The molecule has 6 heteroatoms. The number of fused-ring (bicyclic) bond motifs is 2. The molecule has 5 aromatic rings. The van der Waals surface area contributed by atoms with E-state index in [0.29, 0.717) is 0 Å². The Bertz CT molecular complexity index is 1560. The third kappa shape index (κ3) is 6.99. The molecule has 4 aromatic carbocycles. The Balaban J connectivity index is 0.00000337. The molecule has 1 N–H and O–H groups in total. The van der Waals surface area contributed by atoms with Crippen molar-refractivity contribution in [3.05, 3.63) is 137 Å². The van der Waals surface area contributed by atoms with Crippen LogP contribution in [0.3, 0.4) is 0 Å². The van der Waals surface area contributed by atoms with Crippen molar-refractivity contribution in [3.63, 3.8) is 0 Å². The molecule has 1 aliphatic rings. The van der Waals surface area contributed by atoms with Crippen LogP contribution in [0.5, 0.6) is 5.75 Å². The van der Waals surface area contributed by atoms with E-state index in [1.807, 2.05) is 18.2 Å². The summed E-state index contributed by atoms with van der Waals surface area (Å²) in [6.07, 6.45) is 1.73. The molecule has 6 rings (SSSR count). The minimum absolute atomic E-state index is 0. The van der Waals surface area contributed by atoms with E-state index in [1.165, 1.54) is 22.3 Å². The minimum Gasteiger partial charge on any atom is -0.493 e. The molecule has 1 aliphatic heterocycles. The van der Waals surface area contributed by atoms with Crippen LogP contribution in [0.4, 0.5) is 0 Å². The lowest BCUT2D eigenvalue weighted by Crippen LogP contribution is -2.31. The highest BCUT2D eigenvalue weighted by Gasteiger charge is 2.20. The number of ether oxygens (including phenoxy) is 1. The normalized spacial score (nSPS) is 12.3. The average Bonchev–Trinajstić information content (AvgIpc) is 3.61. The summed E-state index contributed by atoms with van der Waals surface area (Å²) in [5, 5.41) is 10.1. The van der Waals surface area contributed by atoms with E-state index >= 15 is 0 Å². The molecule has 0 saturated heterocycles. The molecule has 0 radical (unpaired) electrons. The Morgan fingerprint density at radius 3 is 2.27 bits per heavy atom. The predicted molar refractivity (Wildman–Crippen MR) is 164 cm³/mol. The molecule has 1 aromatic heterocycles. The molecule has 0 spiro atoms. The molecule has 5 nitrogen and oxygen atoms in total. The van der Waals surface area contributed by atoms with Gasteiger partial charge in [-0.3, -0.25) is 9.69 Å². The number of benzene rings is 4. The second-order valence-electron chi connectivity index (χ2n) is 10.6.